The molecule has 4 aromatic rings. The molecule has 142 valence electrons. The molecule has 0 aliphatic carbocycles. The van der Waals surface area contributed by atoms with Crippen LogP contribution in [0.15, 0.2) is 67.0 Å². The van der Waals surface area contributed by atoms with E-state index in [4.69, 9.17) is 9.72 Å². The van der Waals surface area contributed by atoms with Gasteiger partial charge in [-0.15, -0.1) is 0 Å². The molecule has 1 atom stereocenters. The van der Waals surface area contributed by atoms with Gasteiger partial charge in [0.2, 0.25) is 5.91 Å². The van der Waals surface area contributed by atoms with E-state index in [9.17, 15) is 4.79 Å². The maximum atomic E-state index is 12.7. The average Bonchev–Trinajstić information content (AvgIpc) is 3.35. The number of ether oxygens (including phenoxy) is 1. The van der Waals surface area contributed by atoms with E-state index in [0.29, 0.717) is 0 Å². The first kappa shape index (κ1) is 17.2. The minimum absolute atomic E-state index is 0.0822. The van der Waals surface area contributed by atoms with Crippen molar-refractivity contribution in [3.63, 3.8) is 0 Å². The minimum atomic E-state index is -0.456. The molecule has 0 saturated heterocycles. The zero-order valence-electron chi connectivity index (χ0n) is 15.7. The molecule has 0 spiro atoms. The highest BCUT2D eigenvalue weighted by Crippen LogP contribution is 2.39. The van der Waals surface area contributed by atoms with Crippen LogP contribution in [0, 0.1) is 0 Å². The summed E-state index contributed by atoms with van der Waals surface area (Å²) in [6, 6.07) is 15.5. The van der Waals surface area contributed by atoms with Gasteiger partial charge >= 0.3 is 0 Å². The van der Waals surface area contributed by atoms with Gasteiger partial charge in [0, 0.05) is 23.0 Å². The Hall–Kier alpha value is -3.93. The minimum Gasteiger partial charge on any atom is -0.495 e. The Balaban J connectivity index is 1.62. The number of carbonyl (C=O) groups is 1. The predicted octanol–water partition coefficient (Wildman–Crippen LogP) is 4.38. The second-order valence-electron chi connectivity index (χ2n) is 6.80. The summed E-state index contributed by atoms with van der Waals surface area (Å²) < 4.78 is 5.33. The fraction of sp³-hybridized carbons (Fsp3) is 0.0870. The molecule has 29 heavy (non-hydrogen) atoms. The van der Waals surface area contributed by atoms with Crippen LogP contribution in [0.25, 0.3) is 28.4 Å². The van der Waals surface area contributed by atoms with Gasteiger partial charge in [0.25, 0.3) is 0 Å². The number of anilines is 1. The highest BCUT2D eigenvalue weighted by molar-refractivity contribution is 6.09. The van der Waals surface area contributed by atoms with E-state index in [1.165, 1.54) is 0 Å². The Labute approximate surface area is 167 Å². The van der Waals surface area contributed by atoms with Crippen LogP contribution in [-0.4, -0.2) is 28.0 Å². The Morgan fingerprint density at radius 2 is 1.97 bits per heavy atom. The summed E-state index contributed by atoms with van der Waals surface area (Å²) in [5.41, 5.74) is 5.69. The lowest BCUT2D eigenvalue weighted by Crippen LogP contribution is -2.10. The Kier molecular flexibility index (Phi) is 4.09. The molecule has 1 unspecified atom stereocenters. The molecule has 2 aromatic heterocycles. The quantitative estimate of drug-likeness (QED) is 0.549. The van der Waals surface area contributed by atoms with Gasteiger partial charge in [-0.2, -0.15) is 0 Å². The van der Waals surface area contributed by atoms with Crippen LogP contribution >= 0.6 is 0 Å². The van der Waals surface area contributed by atoms with Crippen molar-refractivity contribution in [2.45, 2.75) is 5.92 Å². The number of benzene rings is 2. The van der Waals surface area contributed by atoms with E-state index in [1.807, 2.05) is 60.7 Å². The van der Waals surface area contributed by atoms with Crippen molar-refractivity contribution < 1.29 is 9.53 Å². The molecule has 5 rings (SSSR count). The molecular weight excluding hydrogens is 364 g/mol. The lowest BCUT2D eigenvalue weighted by atomic mass is 9.97. The molecule has 0 bridgehead atoms. The second-order valence-corrected chi connectivity index (χ2v) is 6.80. The van der Waals surface area contributed by atoms with E-state index < -0.39 is 5.92 Å². The van der Waals surface area contributed by atoms with Crippen molar-refractivity contribution in [1.82, 2.24) is 15.0 Å². The van der Waals surface area contributed by atoms with E-state index in [1.54, 1.807) is 19.5 Å². The molecule has 0 fully saturated rings. The fourth-order valence-corrected chi connectivity index (χ4v) is 3.66. The number of aromatic nitrogens is 3. The topological polar surface area (TPSA) is 79.9 Å². The monoisotopic (exact) mass is 382 g/mol. The molecule has 6 nitrogen and oxygen atoms in total. The first-order chi connectivity index (χ1) is 14.2. The maximum absolute atomic E-state index is 12.7. The van der Waals surface area contributed by atoms with Crippen LogP contribution in [0.5, 0.6) is 5.75 Å². The first-order valence-corrected chi connectivity index (χ1v) is 9.30. The number of hydrogen-bond donors (Lipinski definition) is 2. The Morgan fingerprint density at radius 3 is 2.79 bits per heavy atom. The summed E-state index contributed by atoms with van der Waals surface area (Å²) in [5, 5.41) is 2.96. The van der Waals surface area contributed by atoms with E-state index in [-0.39, 0.29) is 5.91 Å². The first-order valence-electron chi connectivity index (χ1n) is 9.30. The van der Waals surface area contributed by atoms with Gasteiger partial charge in [-0.1, -0.05) is 36.4 Å². The molecule has 0 radical (unpaired) electrons. The predicted molar refractivity (Wildman–Crippen MR) is 113 cm³/mol. The van der Waals surface area contributed by atoms with Gasteiger partial charge in [-0.25, -0.2) is 4.98 Å². The number of carbonyl (C=O) groups excluding carboxylic acids is 1. The number of methoxy groups -OCH3 is 1. The van der Waals surface area contributed by atoms with Gasteiger partial charge < -0.3 is 15.0 Å². The third-order valence-electron chi connectivity index (χ3n) is 5.09. The van der Waals surface area contributed by atoms with Crippen molar-refractivity contribution in [2.24, 2.45) is 0 Å². The lowest BCUT2D eigenvalue weighted by Gasteiger charge is -2.09. The molecule has 1 aliphatic heterocycles. The van der Waals surface area contributed by atoms with Gasteiger partial charge in [-0.3, -0.25) is 9.78 Å². The Morgan fingerprint density at radius 1 is 1.10 bits per heavy atom. The number of hydrogen-bond acceptors (Lipinski definition) is 4. The van der Waals surface area contributed by atoms with E-state index in [2.05, 4.69) is 15.3 Å². The molecule has 3 heterocycles. The van der Waals surface area contributed by atoms with Crippen LogP contribution in [0.3, 0.4) is 0 Å². The molecule has 0 saturated carbocycles. The molecular formula is C23H18N4O2. The third kappa shape index (κ3) is 2.95. The number of aromatic amines is 1. The Bertz CT molecular complexity index is 1240. The van der Waals surface area contributed by atoms with Gasteiger partial charge in [0.05, 0.1) is 41.6 Å². The molecule has 1 aliphatic rings. The number of H-pyrrole nitrogens is 1. The standard InChI is InChI=1S/C23H18N4O2/c1-29-20-11-12-24-16(20)8-7-15-21-17(27-23(15)28)9-10-18-22(21)26-19(13-25-18)14-5-3-2-4-6-14/h2-13,15,24H,1H3,(H,27,28). The largest absolute Gasteiger partial charge is 0.495 e. The van der Waals surface area contributed by atoms with Crippen molar-refractivity contribution in [1.29, 1.82) is 0 Å². The SMILES string of the molecule is COc1cc[nH]c1C=CC1C(=O)Nc2ccc3ncc(-c4ccccc4)nc3c21. The molecule has 2 N–H and O–H groups in total. The summed E-state index contributed by atoms with van der Waals surface area (Å²) in [4.78, 5) is 25.2. The van der Waals surface area contributed by atoms with Crippen LogP contribution < -0.4 is 10.1 Å². The molecule has 1 amide bonds. The highest BCUT2D eigenvalue weighted by Gasteiger charge is 2.31. The normalized spacial score (nSPS) is 15.6. The summed E-state index contributed by atoms with van der Waals surface area (Å²) >= 11 is 0. The summed E-state index contributed by atoms with van der Waals surface area (Å²) in [6.07, 6.45) is 7.30. The summed E-state index contributed by atoms with van der Waals surface area (Å²) in [7, 11) is 1.62. The van der Waals surface area contributed by atoms with Crippen LogP contribution in [0.4, 0.5) is 5.69 Å². The van der Waals surface area contributed by atoms with Crippen molar-refractivity contribution in [2.75, 3.05) is 12.4 Å². The van der Waals surface area contributed by atoms with E-state index >= 15 is 0 Å². The van der Waals surface area contributed by atoms with Crippen LogP contribution in [0.2, 0.25) is 0 Å². The van der Waals surface area contributed by atoms with Crippen molar-refractivity contribution in [3.05, 3.63) is 78.3 Å². The molecule has 2 aromatic carbocycles. The summed E-state index contributed by atoms with van der Waals surface area (Å²) in [6.45, 7) is 0. The second kappa shape index (κ2) is 6.91. The summed E-state index contributed by atoms with van der Waals surface area (Å²) in [5.74, 6) is 0.187. The van der Waals surface area contributed by atoms with Gasteiger partial charge in [-0.05, 0) is 24.3 Å². The molecule has 6 heteroatoms. The van der Waals surface area contributed by atoms with Crippen molar-refractivity contribution in [3.8, 4) is 17.0 Å². The zero-order chi connectivity index (χ0) is 19.8. The van der Waals surface area contributed by atoms with Gasteiger partial charge in [0.1, 0.15) is 5.75 Å². The van der Waals surface area contributed by atoms with Crippen LogP contribution in [0.1, 0.15) is 17.2 Å². The fourth-order valence-electron chi connectivity index (χ4n) is 3.66. The van der Waals surface area contributed by atoms with Crippen molar-refractivity contribution >= 4 is 28.7 Å². The number of rotatable bonds is 4. The third-order valence-corrected chi connectivity index (χ3v) is 5.09. The number of nitrogens with one attached hydrogen (secondary N) is 2. The number of fused-ring (bicyclic) bond motifs is 3. The zero-order valence-corrected chi connectivity index (χ0v) is 15.7. The number of nitrogens with zero attached hydrogens (tertiary/aromatic N) is 2. The highest BCUT2D eigenvalue weighted by atomic mass is 16.5. The van der Waals surface area contributed by atoms with E-state index in [0.717, 1.165) is 45.0 Å². The average molecular weight is 382 g/mol. The number of amides is 1. The maximum Gasteiger partial charge on any atom is 0.235 e. The lowest BCUT2D eigenvalue weighted by molar-refractivity contribution is -0.116. The smallest absolute Gasteiger partial charge is 0.235 e. The van der Waals surface area contributed by atoms with Crippen LogP contribution in [-0.2, 0) is 4.79 Å². The van der Waals surface area contributed by atoms with Gasteiger partial charge in [0.15, 0.2) is 0 Å².